The first kappa shape index (κ1) is 14.7. The Morgan fingerprint density at radius 2 is 2.04 bits per heavy atom. The van der Waals surface area contributed by atoms with Crippen molar-refractivity contribution < 1.29 is 9.63 Å². The maximum atomic E-state index is 11.0. The summed E-state index contributed by atoms with van der Waals surface area (Å²) in [6.07, 6.45) is 4.37. The van der Waals surface area contributed by atoms with Gasteiger partial charge in [0.1, 0.15) is 0 Å². The Bertz CT molecular complexity index is 668. The number of hydrogen-bond donors (Lipinski definition) is 1. The predicted octanol–water partition coefficient (Wildman–Crippen LogP) is 3.11. The topological polar surface area (TPSA) is 62.4 Å². The fourth-order valence-electron chi connectivity index (χ4n) is 3.88. The quantitative estimate of drug-likeness (QED) is 0.943. The number of benzene rings is 1. The average molecular weight is 313 g/mol. The second-order valence-electron chi connectivity index (χ2n) is 6.98. The van der Waals surface area contributed by atoms with Crippen molar-refractivity contribution in [1.29, 1.82) is 0 Å². The highest BCUT2D eigenvalue weighted by Gasteiger charge is 2.47. The second-order valence-corrected chi connectivity index (χ2v) is 6.98. The third kappa shape index (κ3) is 2.53. The SMILES string of the molecule is C[C@@H]1CN(c2nc(-c3ccccc3)no2)CC[C@@]1(O)C1CCC1. The van der Waals surface area contributed by atoms with Gasteiger partial charge in [0.15, 0.2) is 0 Å². The van der Waals surface area contributed by atoms with E-state index < -0.39 is 5.60 Å². The third-order valence-corrected chi connectivity index (χ3v) is 5.66. The Labute approximate surface area is 136 Å². The van der Waals surface area contributed by atoms with E-state index >= 15 is 0 Å². The van der Waals surface area contributed by atoms with Crippen LogP contribution in [0.5, 0.6) is 0 Å². The van der Waals surface area contributed by atoms with E-state index in [9.17, 15) is 5.11 Å². The van der Waals surface area contributed by atoms with Gasteiger partial charge in [0.25, 0.3) is 0 Å². The minimum atomic E-state index is -0.517. The molecule has 122 valence electrons. The van der Waals surface area contributed by atoms with Gasteiger partial charge in [-0.3, -0.25) is 0 Å². The van der Waals surface area contributed by atoms with Crippen LogP contribution in [0.2, 0.25) is 0 Å². The van der Waals surface area contributed by atoms with Crippen LogP contribution < -0.4 is 4.90 Å². The van der Waals surface area contributed by atoms with Crippen LogP contribution in [0.3, 0.4) is 0 Å². The summed E-state index contributed by atoms with van der Waals surface area (Å²) >= 11 is 0. The first-order chi connectivity index (χ1) is 11.2. The normalized spacial score (nSPS) is 28.6. The van der Waals surface area contributed by atoms with Crippen LogP contribution in [0, 0.1) is 11.8 Å². The van der Waals surface area contributed by atoms with Crippen LogP contribution in [-0.2, 0) is 0 Å². The zero-order valence-corrected chi connectivity index (χ0v) is 13.5. The Balaban J connectivity index is 1.49. The number of aliphatic hydroxyl groups is 1. The minimum Gasteiger partial charge on any atom is -0.389 e. The molecule has 0 spiro atoms. The van der Waals surface area contributed by atoms with Gasteiger partial charge in [-0.25, -0.2) is 0 Å². The fourth-order valence-corrected chi connectivity index (χ4v) is 3.88. The van der Waals surface area contributed by atoms with Gasteiger partial charge in [-0.1, -0.05) is 48.8 Å². The largest absolute Gasteiger partial charge is 0.389 e. The molecule has 1 N–H and O–H groups in total. The summed E-state index contributed by atoms with van der Waals surface area (Å²) in [6, 6.07) is 10.4. The summed E-state index contributed by atoms with van der Waals surface area (Å²) in [7, 11) is 0. The van der Waals surface area contributed by atoms with Gasteiger partial charge in [-0.15, -0.1) is 0 Å². The van der Waals surface area contributed by atoms with Crippen LogP contribution in [-0.4, -0.2) is 33.9 Å². The molecule has 1 aliphatic carbocycles. The summed E-state index contributed by atoms with van der Waals surface area (Å²) in [5.41, 5.74) is 0.440. The van der Waals surface area contributed by atoms with Crippen molar-refractivity contribution in [3.63, 3.8) is 0 Å². The summed E-state index contributed by atoms with van der Waals surface area (Å²) in [6.45, 7) is 3.68. The molecule has 1 aromatic carbocycles. The molecule has 1 saturated carbocycles. The van der Waals surface area contributed by atoms with Crippen molar-refractivity contribution in [2.45, 2.75) is 38.2 Å². The zero-order chi connectivity index (χ0) is 15.9. The van der Waals surface area contributed by atoms with Gasteiger partial charge in [0.05, 0.1) is 5.60 Å². The molecule has 0 bridgehead atoms. The molecule has 23 heavy (non-hydrogen) atoms. The summed E-state index contributed by atoms with van der Waals surface area (Å²) < 4.78 is 5.46. The van der Waals surface area contributed by atoms with Gasteiger partial charge < -0.3 is 14.5 Å². The van der Waals surface area contributed by atoms with E-state index in [1.165, 1.54) is 19.3 Å². The number of piperidine rings is 1. The molecule has 2 aromatic rings. The van der Waals surface area contributed by atoms with E-state index in [0.29, 0.717) is 17.8 Å². The highest BCUT2D eigenvalue weighted by atomic mass is 16.5. The molecule has 0 unspecified atom stereocenters. The molecule has 4 rings (SSSR count). The number of hydrogen-bond acceptors (Lipinski definition) is 5. The summed E-state index contributed by atoms with van der Waals surface area (Å²) in [4.78, 5) is 6.64. The van der Waals surface area contributed by atoms with Crippen LogP contribution in [0.15, 0.2) is 34.9 Å². The van der Waals surface area contributed by atoms with E-state index in [4.69, 9.17) is 4.52 Å². The number of aromatic nitrogens is 2. The molecule has 2 fully saturated rings. The Morgan fingerprint density at radius 1 is 1.26 bits per heavy atom. The van der Waals surface area contributed by atoms with E-state index in [1.54, 1.807) is 0 Å². The van der Waals surface area contributed by atoms with Crippen molar-refractivity contribution in [2.75, 3.05) is 18.0 Å². The number of rotatable bonds is 3. The molecule has 2 heterocycles. The molecule has 2 atom stereocenters. The number of anilines is 1. The lowest BCUT2D eigenvalue weighted by Gasteiger charge is -2.50. The molecule has 0 amide bonds. The van der Waals surface area contributed by atoms with Crippen LogP contribution >= 0.6 is 0 Å². The molecular formula is C18H23N3O2. The van der Waals surface area contributed by atoms with Gasteiger partial charge in [0, 0.05) is 24.6 Å². The first-order valence-corrected chi connectivity index (χ1v) is 8.53. The first-order valence-electron chi connectivity index (χ1n) is 8.53. The maximum absolute atomic E-state index is 11.0. The van der Waals surface area contributed by atoms with Crippen molar-refractivity contribution in [2.24, 2.45) is 11.8 Å². The number of nitrogens with zero attached hydrogens (tertiary/aromatic N) is 3. The Kier molecular flexibility index (Phi) is 3.60. The molecular weight excluding hydrogens is 290 g/mol. The molecule has 1 aliphatic heterocycles. The highest BCUT2D eigenvalue weighted by Crippen LogP contribution is 2.45. The third-order valence-electron chi connectivity index (χ3n) is 5.66. The summed E-state index contributed by atoms with van der Waals surface area (Å²) in [5, 5.41) is 15.1. The minimum absolute atomic E-state index is 0.216. The van der Waals surface area contributed by atoms with Crippen LogP contribution in [0.4, 0.5) is 6.01 Å². The molecule has 1 saturated heterocycles. The van der Waals surface area contributed by atoms with Crippen LogP contribution in [0.25, 0.3) is 11.4 Å². The van der Waals surface area contributed by atoms with E-state index in [0.717, 1.165) is 25.1 Å². The van der Waals surface area contributed by atoms with E-state index in [-0.39, 0.29) is 5.92 Å². The molecule has 0 radical (unpaired) electrons. The Morgan fingerprint density at radius 3 is 2.70 bits per heavy atom. The molecule has 2 aliphatic rings. The Hall–Kier alpha value is -1.88. The average Bonchev–Trinajstić information content (AvgIpc) is 2.99. The van der Waals surface area contributed by atoms with Crippen molar-refractivity contribution in [3.8, 4) is 11.4 Å². The van der Waals surface area contributed by atoms with Crippen molar-refractivity contribution in [1.82, 2.24) is 10.1 Å². The lowest BCUT2D eigenvalue weighted by molar-refractivity contribution is -0.102. The van der Waals surface area contributed by atoms with Gasteiger partial charge in [0.2, 0.25) is 5.82 Å². The zero-order valence-electron chi connectivity index (χ0n) is 13.5. The fraction of sp³-hybridized carbons (Fsp3) is 0.556. The monoisotopic (exact) mass is 313 g/mol. The van der Waals surface area contributed by atoms with E-state index in [2.05, 4.69) is 22.0 Å². The lowest BCUT2D eigenvalue weighted by Crippen LogP contribution is -2.56. The standard InChI is InChI=1S/C18H23N3O2/c1-13-12-21(11-10-18(13,22)15-8-5-9-15)17-19-16(20-23-17)14-6-3-2-4-7-14/h2-4,6-7,13,15,22H,5,8-12H2,1H3/t13-,18+/m1/s1. The van der Waals surface area contributed by atoms with Crippen LogP contribution in [0.1, 0.15) is 32.6 Å². The molecule has 5 nitrogen and oxygen atoms in total. The van der Waals surface area contributed by atoms with Gasteiger partial charge in [-0.2, -0.15) is 4.98 Å². The summed E-state index contributed by atoms with van der Waals surface area (Å²) in [5.74, 6) is 1.31. The van der Waals surface area contributed by atoms with E-state index in [1.807, 2.05) is 30.3 Å². The molecule has 1 aromatic heterocycles. The van der Waals surface area contributed by atoms with Crippen molar-refractivity contribution in [3.05, 3.63) is 30.3 Å². The van der Waals surface area contributed by atoms with Gasteiger partial charge >= 0.3 is 6.01 Å². The second kappa shape index (κ2) is 5.64. The predicted molar refractivity (Wildman–Crippen MR) is 88.0 cm³/mol. The smallest absolute Gasteiger partial charge is 0.324 e. The maximum Gasteiger partial charge on any atom is 0.324 e. The highest BCUT2D eigenvalue weighted by molar-refractivity contribution is 5.55. The molecule has 5 heteroatoms. The van der Waals surface area contributed by atoms with Crippen molar-refractivity contribution >= 4 is 6.01 Å². The van der Waals surface area contributed by atoms with Gasteiger partial charge in [-0.05, 0) is 25.2 Å². The lowest BCUT2D eigenvalue weighted by atomic mass is 9.65.